The summed E-state index contributed by atoms with van der Waals surface area (Å²) in [6, 6.07) is 30.6. The van der Waals surface area contributed by atoms with Crippen LogP contribution < -0.4 is 20.7 Å². The topological polar surface area (TPSA) is 138 Å². The molecule has 1 aliphatic heterocycles. The molecule has 5 N–H and O–H groups in total. The molecule has 0 spiro atoms. The van der Waals surface area contributed by atoms with Crippen LogP contribution in [-0.2, 0) is 16.2 Å². The Kier molecular flexibility index (Phi) is 11.1. The van der Waals surface area contributed by atoms with Crippen LogP contribution in [0.2, 0.25) is 0 Å². The summed E-state index contributed by atoms with van der Waals surface area (Å²) in [5.74, 6) is -1.08. The number of hydrogen-bond acceptors (Lipinski definition) is 8. The molecule has 1 aliphatic rings. The zero-order chi connectivity index (χ0) is 34.4. The molecule has 0 bridgehead atoms. The Morgan fingerprint density at radius 1 is 0.979 bits per heavy atom. The number of primary amides is 1. The average molecular weight is 653 g/mol. The van der Waals surface area contributed by atoms with Crippen molar-refractivity contribution < 1.29 is 29.4 Å². The van der Waals surface area contributed by atoms with Gasteiger partial charge in [-0.25, -0.2) is 0 Å². The zero-order valence-electron chi connectivity index (χ0n) is 27.7. The lowest BCUT2D eigenvalue weighted by Crippen LogP contribution is -2.47. The number of carbonyl (C=O) groups is 2. The lowest BCUT2D eigenvalue weighted by atomic mass is 9.89. The number of nitrogens with two attached hydrogens (primary N) is 1. The van der Waals surface area contributed by atoms with Crippen LogP contribution in [0, 0.1) is 5.92 Å². The van der Waals surface area contributed by atoms with Gasteiger partial charge in [0.1, 0.15) is 17.9 Å². The zero-order valence-corrected chi connectivity index (χ0v) is 27.7. The van der Waals surface area contributed by atoms with Crippen molar-refractivity contribution in [2.24, 2.45) is 11.7 Å². The van der Waals surface area contributed by atoms with Crippen molar-refractivity contribution in [3.63, 3.8) is 0 Å². The van der Waals surface area contributed by atoms with Crippen LogP contribution in [-0.4, -0.2) is 79.7 Å². The van der Waals surface area contributed by atoms with Gasteiger partial charge in [-0.15, -0.1) is 0 Å². The van der Waals surface area contributed by atoms with Crippen LogP contribution in [0.25, 0.3) is 11.1 Å². The van der Waals surface area contributed by atoms with Crippen molar-refractivity contribution in [3.05, 3.63) is 119 Å². The third-order valence-corrected chi connectivity index (χ3v) is 8.91. The quantitative estimate of drug-likeness (QED) is 0.171. The van der Waals surface area contributed by atoms with Gasteiger partial charge in [-0.3, -0.25) is 14.4 Å². The second-order valence-corrected chi connectivity index (χ2v) is 12.3. The van der Waals surface area contributed by atoms with Crippen molar-refractivity contribution in [1.82, 2.24) is 10.4 Å². The fourth-order valence-corrected chi connectivity index (χ4v) is 6.50. The van der Waals surface area contributed by atoms with Gasteiger partial charge in [-0.2, -0.15) is 5.06 Å². The van der Waals surface area contributed by atoms with Crippen LogP contribution in [0.5, 0.6) is 5.75 Å². The molecule has 1 heterocycles. The number of benzene rings is 4. The predicted molar refractivity (Wildman–Crippen MR) is 185 cm³/mol. The molecule has 0 aromatic heterocycles. The summed E-state index contributed by atoms with van der Waals surface area (Å²) in [5.41, 5.74) is 11.5. The predicted octanol–water partition coefficient (Wildman–Crippen LogP) is 3.95. The van der Waals surface area contributed by atoms with Gasteiger partial charge in [-0.05, 0) is 41.8 Å². The van der Waals surface area contributed by atoms with E-state index in [1.807, 2.05) is 91.8 Å². The van der Waals surface area contributed by atoms with Gasteiger partial charge in [0.25, 0.3) is 5.91 Å². The summed E-state index contributed by atoms with van der Waals surface area (Å²) in [5, 5.41) is 24.9. The van der Waals surface area contributed by atoms with E-state index < -0.39 is 30.1 Å². The van der Waals surface area contributed by atoms with E-state index in [4.69, 9.17) is 15.3 Å². The first-order valence-electron chi connectivity index (χ1n) is 16.0. The first kappa shape index (κ1) is 34.6. The highest BCUT2D eigenvalue weighted by atomic mass is 16.7. The normalized spacial score (nSPS) is 18.4. The van der Waals surface area contributed by atoms with Crippen LogP contribution in [0.15, 0.2) is 97.1 Å². The van der Waals surface area contributed by atoms with Gasteiger partial charge in [0, 0.05) is 54.9 Å². The Morgan fingerprint density at radius 3 is 2.17 bits per heavy atom. The molecule has 10 nitrogen and oxygen atoms in total. The van der Waals surface area contributed by atoms with E-state index in [0.29, 0.717) is 23.4 Å². The van der Waals surface area contributed by atoms with Gasteiger partial charge >= 0.3 is 0 Å². The number of nitrogens with one attached hydrogen (secondary N) is 1. The summed E-state index contributed by atoms with van der Waals surface area (Å²) < 4.78 is 5.93. The number of nitrogens with zero attached hydrogens (tertiary/aromatic N) is 2. The smallest absolute Gasteiger partial charge is 0.251 e. The molecule has 4 aromatic carbocycles. The van der Waals surface area contributed by atoms with E-state index in [9.17, 15) is 19.8 Å². The van der Waals surface area contributed by atoms with E-state index in [0.717, 1.165) is 27.9 Å². The molecule has 48 heavy (non-hydrogen) atoms. The molecule has 1 saturated heterocycles. The van der Waals surface area contributed by atoms with Crippen molar-refractivity contribution in [2.75, 3.05) is 39.3 Å². The Balaban J connectivity index is 1.46. The maximum absolute atomic E-state index is 13.8. The van der Waals surface area contributed by atoms with Gasteiger partial charge < -0.3 is 30.9 Å². The number of rotatable bonds is 13. The molecule has 4 atom stereocenters. The second kappa shape index (κ2) is 15.4. The Labute approximate surface area is 281 Å². The first-order chi connectivity index (χ1) is 23.1. The van der Waals surface area contributed by atoms with Crippen molar-refractivity contribution in [3.8, 4) is 16.9 Å². The third-order valence-electron chi connectivity index (χ3n) is 8.91. The summed E-state index contributed by atoms with van der Waals surface area (Å²) in [4.78, 5) is 34.2. The highest BCUT2D eigenvalue weighted by molar-refractivity contribution is 5.97. The Morgan fingerprint density at radius 2 is 1.62 bits per heavy atom. The van der Waals surface area contributed by atoms with Gasteiger partial charge in [0.05, 0.1) is 26.4 Å². The van der Waals surface area contributed by atoms with Gasteiger partial charge in [-0.1, -0.05) is 78.9 Å². The first-order valence-corrected chi connectivity index (χ1v) is 16.0. The van der Waals surface area contributed by atoms with Crippen molar-refractivity contribution in [2.45, 2.75) is 37.6 Å². The number of carbonyl (C=O) groups excluding carboxylic acids is 2. The number of hydrogen-bond donors (Lipinski definition) is 4. The highest BCUT2D eigenvalue weighted by Gasteiger charge is 2.48. The van der Waals surface area contributed by atoms with Crippen LogP contribution in [0.4, 0.5) is 5.69 Å². The molecule has 4 aromatic rings. The lowest BCUT2D eigenvalue weighted by Gasteiger charge is -2.25. The highest BCUT2D eigenvalue weighted by Crippen LogP contribution is 2.38. The minimum absolute atomic E-state index is 0.0273. The monoisotopic (exact) mass is 652 g/mol. The maximum atomic E-state index is 13.8. The van der Waals surface area contributed by atoms with Crippen molar-refractivity contribution >= 4 is 17.5 Å². The molecule has 252 valence electrons. The molecule has 2 amide bonds. The summed E-state index contributed by atoms with van der Waals surface area (Å²) in [7, 11) is 5.39. The minimum Gasteiger partial charge on any atom is -0.496 e. The molecule has 5 rings (SSSR count). The average Bonchev–Trinajstić information content (AvgIpc) is 3.48. The standard InChI is InChI=1S/C38H44N4O6/c1-24(44)34-33(23-43)48-42(35(34)37(39)45)22-27-16-11-17-31(36(27)47-4)28-18-29(20-30(19-28)41(2)3)38(46)40-21-32(25-12-7-5-8-13-25)26-14-9-6-10-15-26/h5-20,24,32-35,43-44H,21-23H2,1-4H3,(H2,39,45)(H,40,46)/t24-,33-,34-,35-/m0/s1. The lowest BCUT2D eigenvalue weighted by molar-refractivity contribution is -0.181. The largest absolute Gasteiger partial charge is 0.496 e. The Hall–Kier alpha value is -4.74. The van der Waals surface area contributed by atoms with E-state index in [2.05, 4.69) is 29.6 Å². The molecule has 0 saturated carbocycles. The van der Waals surface area contributed by atoms with Gasteiger partial charge in [0.2, 0.25) is 5.91 Å². The van der Waals surface area contributed by atoms with E-state index in [1.165, 1.54) is 5.06 Å². The molecular weight excluding hydrogens is 608 g/mol. The fraction of sp³-hybridized carbons (Fsp3) is 0.316. The number of para-hydroxylation sites is 1. The molecule has 0 aliphatic carbocycles. The Bertz CT molecular complexity index is 1660. The number of methoxy groups -OCH3 is 1. The molecular formula is C38H44N4O6. The number of hydroxylamine groups is 2. The number of ether oxygens (including phenoxy) is 1. The summed E-state index contributed by atoms with van der Waals surface area (Å²) in [6.07, 6.45) is -1.73. The SMILES string of the molecule is COc1c(CN2O[C@@H](CO)[C@H]([C@H](C)O)[C@H]2C(N)=O)cccc1-c1cc(C(=O)NCC(c2ccccc2)c2ccccc2)cc(N(C)C)c1. The van der Waals surface area contributed by atoms with E-state index >= 15 is 0 Å². The number of aliphatic hydroxyl groups excluding tert-OH is 2. The second-order valence-electron chi connectivity index (χ2n) is 12.3. The maximum Gasteiger partial charge on any atom is 0.251 e. The third kappa shape index (κ3) is 7.53. The van der Waals surface area contributed by atoms with Crippen LogP contribution in [0.3, 0.4) is 0 Å². The fourth-order valence-electron chi connectivity index (χ4n) is 6.50. The number of aliphatic hydroxyl groups is 2. The molecule has 10 heteroatoms. The van der Waals surface area contributed by atoms with E-state index in [-0.39, 0.29) is 25.0 Å². The van der Waals surface area contributed by atoms with Gasteiger partial charge in [0.15, 0.2) is 0 Å². The molecule has 1 fully saturated rings. The van der Waals surface area contributed by atoms with Crippen LogP contribution >= 0.6 is 0 Å². The molecule has 0 unspecified atom stereocenters. The van der Waals surface area contributed by atoms with Crippen molar-refractivity contribution in [1.29, 1.82) is 0 Å². The molecule has 0 radical (unpaired) electrons. The summed E-state index contributed by atoms with van der Waals surface area (Å²) >= 11 is 0. The van der Waals surface area contributed by atoms with E-state index in [1.54, 1.807) is 14.0 Å². The summed E-state index contributed by atoms with van der Waals surface area (Å²) in [6.45, 7) is 1.68. The minimum atomic E-state index is -0.960. The number of amides is 2. The number of anilines is 1. The van der Waals surface area contributed by atoms with Crippen LogP contribution in [0.1, 0.15) is 39.9 Å².